The molecule has 0 aliphatic heterocycles. The highest BCUT2D eigenvalue weighted by Crippen LogP contribution is 2.48. The summed E-state index contributed by atoms with van der Waals surface area (Å²) < 4.78 is 0. The first-order chi connectivity index (χ1) is 11.5. The van der Waals surface area contributed by atoms with Crippen LogP contribution in [-0.2, 0) is 9.59 Å². The number of carbonyl (C=O) groups is 2. The summed E-state index contributed by atoms with van der Waals surface area (Å²) in [6.07, 6.45) is 4.75. The van der Waals surface area contributed by atoms with Gasteiger partial charge in [0.25, 0.3) is 0 Å². The number of fused-ring (bicyclic) bond motifs is 2. The van der Waals surface area contributed by atoms with E-state index in [1.54, 1.807) is 11.8 Å². The Balaban J connectivity index is 1.67. The van der Waals surface area contributed by atoms with Crippen LogP contribution < -0.4 is 5.32 Å². The molecule has 1 aromatic rings. The molecule has 24 heavy (non-hydrogen) atoms. The van der Waals surface area contributed by atoms with E-state index in [9.17, 15) is 14.7 Å². The Kier molecular flexibility index (Phi) is 4.99. The maximum atomic E-state index is 12.7. The second kappa shape index (κ2) is 7.01. The number of carboxylic acids is 1. The van der Waals surface area contributed by atoms with Crippen LogP contribution >= 0.6 is 11.8 Å². The summed E-state index contributed by atoms with van der Waals surface area (Å²) in [5.41, 5.74) is 1.04. The number of thioether (sulfide) groups is 1. The lowest BCUT2D eigenvalue weighted by Crippen LogP contribution is -2.41. The number of amides is 1. The van der Waals surface area contributed by atoms with Gasteiger partial charge < -0.3 is 10.4 Å². The molecule has 128 valence electrons. The number of carboxylic acid groups (broad SMARTS) is 1. The van der Waals surface area contributed by atoms with E-state index < -0.39 is 17.8 Å². The summed E-state index contributed by atoms with van der Waals surface area (Å²) in [5, 5.41) is 12.5. The number of hydrogen-bond donors (Lipinski definition) is 2. The third kappa shape index (κ3) is 3.22. The van der Waals surface area contributed by atoms with Crippen LogP contribution in [0.3, 0.4) is 0 Å². The van der Waals surface area contributed by atoms with Gasteiger partial charge in [-0.2, -0.15) is 0 Å². The van der Waals surface area contributed by atoms with E-state index >= 15 is 0 Å². The molecule has 1 amide bonds. The molecular formula is C19H23NO3S. The second-order valence-electron chi connectivity index (χ2n) is 6.57. The van der Waals surface area contributed by atoms with Gasteiger partial charge in [0.05, 0.1) is 17.9 Å². The van der Waals surface area contributed by atoms with Crippen LogP contribution in [0.4, 0.5) is 0 Å². The zero-order valence-electron chi connectivity index (χ0n) is 13.9. The van der Waals surface area contributed by atoms with Crippen LogP contribution in [0.5, 0.6) is 0 Å². The van der Waals surface area contributed by atoms with Crippen LogP contribution in [0, 0.1) is 23.7 Å². The number of aliphatic carboxylic acids is 1. The molecule has 5 heteroatoms. The van der Waals surface area contributed by atoms with Crippen molar-refractivity contribution in [1.29, 1.82) is 0 Å². The Morgan fingerprint density at radius 2 is 1.83 bits per heavy atom. The van der Waals surface area contributed by atoms with E-state index in [0.29, 0.717) is 0 Å². The molecule has 0 aromatic heterocycles. The van der Waals surface area contributed by atoms with Crippen molar-refractivity contribution >= 4 is 23.6 Å². The minimum absolute atomic E-state index is 0.00362. The molecule has 0 saturated heterocycles. The minimum atomic E-state index is -0.861. The molecule has 2 aliphatic carbocycles. The molecule has 5 atom stereocenters. The predicted octanol–water partition coefficient (Wildman–Crippen LogP) is 3.50. The Morgan fingerprint density at radius 3 is 2.42 bits per heavy atom. The molecule has 0 spiro atoms. The predicted molar refractivity (Wildman–Crippen MR) is 94.8 cm³/mol. The monoisotopic (exact) mass is 345 g/mol. The summed E-state index contributed by atoms with van der Waals surface area (Å²) in [5.74, 6) is -0.944. The van der Waals surface area contributed by atoms with Crippen molar-refractivity contribution in [3.63, 3.8) is 0 Å². The Labute approximate surface area is 146 Å². The fourth-order valence-electron chi connectivity index (χ4n) is 3.93. The van der Waals surface area contributed by atoms with E-state index in [4.69, 9.17) is 0 Å². The molecule has 3 rings (SSSR count). The molecule has 2 bridgehead atoms. The van der Waals surface area contributed by atoms with E-state index in [2.05, 4.69) is 24.4 Å². The van der Waals surface area contributed by atoms with Gasteiger partial charge in [0, 0.05) is 4.90 Å². The lowest BCUT2D eigenvalue weighted by Gasteiger charge is -2.26. The van der Waals surface area contributed by atoms with Crippen molar-refractivity contribution in [2.45, 2.75) is 31.2 Å². The van der Waals surface area contributed by atoms with Crippen molar-refractivity contribution in [3.8, 4) is 0 Å². The highest BCUT2D eigenvalue weighted by Gasteiger charge is 2.51. The zero-order chi connectivity index (χ0) is 17.3. The van der Waals surface area contributed by atoms with Gasteiger partial charge in [0.1, 0.15) is 0 Å². The molecule has 4 nitrogen and oxygen atoms in total. The Bertz CT molecular complexity index is 655. The third-order valence-corrected chi connectivity index (χ3v) is 5.99. The highest BCUT2D eigenvalue weighted by atomic mass is 32.2. The van der Waals surface area contributed by atoms with Gasteiger partial charge in [-0.15, -0.1) is 11.8 Å². The molecule has 0 heterocycles. The number of nitrogens with one attached hydrogen (secondary N) is 1. The van der Waals surface area contributed by atoms with Crippen LogP contribution in [0.1, 0.15) is 31.9 Å². The van der Waals surface area contributed by atoms with Gasteiger partial charge in [-0.25, -0.2) is 0 Å². The summed E-state index contributed by atoms with van der Waals surface area (Å²) in [4.78, 5) is 25.4. The average Bonchev–Trinajstić information content (AvgIpc) is 3.16. The first kappa shape index (κ1) is 17.1. The number of rotatable bonds is 6. The zero-order valence-corrected chi connectivity index (χ0v) is 14.8. The first-order valence-corrected chi connectivity index (χ1v) is 9.44. The number of benzene rings is 1. The van der Waals surface area contributed by atoms with Gasteiger partial charge >= 0.3 is 5.97 Å². The molecule has 0 radical (unpaired) electrons. The van der Waals surface area contributed by atoms with Crippen LogP contribution in [0.15, 0.2) is 41.3 Å². The molecule has 1 aromatic carbocycles. The van der Waals surface area contributed by atoms with Crippen molar-refractivity contribution in [3.05, 3.63) is 42.0 Å². The summed E-state index contributed by atoms with van der Waals surface area (Å²) in [6, 6.07) is 8.05. The summed E-state index contributed by atoms with van der Waals surface area (Å²) in [6.45, 7) is 4.06. The van der Waals surface area contributed by atoms with Gasteiger partial charge in [0.2, 0.25) is 5.91 Å². The Morgan fingerprint density at radius 1 is 1.21 bits per heavy atom. The fourth-order valence-corrected chi connectivity index (χ4v) is 4.59. The third-order valence-electron chi connectivity index (χ3n) is 5.10. The number of carbonyl (C=O) groups excluding carboxylic acids is 1. The second-order valence-corrected chi connectivity index (χ2v) is 7.91. The van der Waals surface area contributed by atoms with Gasteiger partial charge in [-0.3, -0.25) is 9.59 Å². The Hall–Kier alpha value is -1.75. The molecule has 2 N–H and O–H groups in total. The van der Waals surface area contributed by atoms with E-state index in [1.165, 1.54) is 4.90 Å². The molecule has 5 unspecified atom stereocenters. The van der Waals surface area contributed by atoms with Crippen LogP contribution in [-0.4, -0.2) is 22.7 Å². The number of hydrogen-bond acceptors (Lipinski definition) is 3. The number of allylic oxidation sites excluding steroid dienone is 2. The van der Waals surface area contributed by atoms with Crippen LogP contribution in [0.25, 0.3) is 0 Å². The maximum Gasteiger partial charge on any atom is 0.307 e. The van der Waals surface area contributed by atoms with Crippen molar-refractivity contribution < 1.29 is 14.7 Å². The molecular weight excluding hydrogens is 322 g/mol. The summed E-state index contributed by atoms with van der Waals surface area (Å²) in [7, 11) is 0. The van der Waals surface area contributed by atoms with Gasteiger partial charge in [-0.1, -0.05) is 31.2 Å². The van der Waals surface area contributed by atoms with Crippen molar-refractivity contribution in [2.24, 2.45) is 23.7 Å². The minimum Gasteiger partial charge on any atom is -0.481 e. The topological polar surface area (TPSA) is 66.4 Å². The van der Waals surface area contributed by atoms with Gasteiger partial charge in [0.15, 0.2) is 0 Å². The lowest BCUT2D eigenvalue weighted by atomic mass is 9.82. The molecule has 1 saturated carbocycles. The largest absolute Gasteiger partial charge is 0.481 e. The standard InChI is InChI=1S/C19H23NO3S/c1-3-24-15-8-6-12(7-9-15)11(2)20-18(21)16-13-4-5-14(10-13)17(16)19(22)23/h4-9,11,13-14,16-17H,3,10H2,1-2H3,(H,20,21)(H,22,23). The average molecular weight is 345 g/mol. The smallest absolute Gasteiger partial charge is 0.307 e. The van der Waals surface area contributed by atoms with Crippen molar-refractivity contribution in [2.75, 3.05) is 5.75 Å². The fraction of sp³-hybridized carbons (Fsp3) is 0.474. The van der Waals surface area contributed by atoms with E-state index in [1.807, 2.05) is 31.2 Å². The lowest BCUT2D eigenvalue weighted by molar-refractivity contribution is -0.148. The van der Waals surface area contributed by atoms with Crippen LogP contribution in [0.2, 0.25) is 0 Å². The van der Waals surface area contributed by atoms with E-state index in [0.717, 1.165) is 17.7 Å². The van der Waals surface area contributed by atoms with Crippen molar-refractivity contribution in [1.82, 2.24) is 5.32 Å². The highest BCUT2D eigenvalue weighted by molar-refractivity contribution is 7.99. The van der Waals surface area contributed by atoms with E-state index in [-0.39, 0.29) is 23.8 Å². The first-order valence-electron chi connectivity index (χ1n) is 8.45. The SMILES string of the molecule is CCSc1ccc(C(C)NC(=O)C2C3C=CC(C3)C2C(=O)O)cc1. The molecule has 2 aliphatic rings. The normalized spacial score (nSPS) is 28.8. The molecule has 1 fully saturated rings. The van der Waals surface area contributed by atoms with Gasteiger partial charge in [-0.05, 0) is 48.6 Å². The maximum absolute atomic E-state index is 12.7. The summed E-state index contributed by atoms with van der Waals surface area (Å²) >= 11 is 1.78. The quantitative estimate of drug-likeness (QED) is 0.612.